The van der Waals surface area contributed by atoms with Crippen LogP contribution in [0.3, 0.4) is 0 Å². The summed E-state index contributed by atoms with van der Waals surface area (Å²) >= 11 is 3.21. The van der Waals surface area contributed by atoms with Gasteiger partial charge in [-0.3, -0.25) is 0 Å². The van der Waals surface area contributed by atoms with Gasteiger partial charge in [0.1, 0.15) is 5.82 Å². The number of nitrogens with one attached hydrogen (secondary N) is 1. The van der Waals surface area contributed by atoms with E-state index in [1.807, 2.05) is 6.07 Å². The molecular weight excluding hydrogens is 261 g/mol. The maximum atomic E-state index is 13.3. The number of hydrogen-bond donors (Lipinski definition) is 2. The fourth-order valence-electron chi connectivity index (χ4n) is 1.25. The molecule has 0 atom stereocenters. The van der Waals surface area contributed by atoms with Crippen LogP contribution in [0.1, 0.15) is 18.4 Å². The van der Waals surface area contributed by atoms with E-state index in [2.05, 4.69) is 21.2 Å². The van der Waals surface area contributed by atoms with Crippen molar-refractivity contribution in [3.05, 3.63) is 34.1 Å². The molecular formula is C11H15BrFNO. The number of benzene rings is 1. The zero-order chi connectivity index (χ0) is 11.1. The minimum Gasteiger partial charge on any atom is -0.396 e. The molecule has 0 spiro atoms. The first-order valence-corrected chi connectivity index (χ1v) is 5.79. The number of aliphatic hydroxyl groups excluding tert-OH is 1. The van der Waals surface area contributed by atoms with Crippen molar-refractivity contribution < 1.29 is 9.50 Å². The van der Waals surface area contributed by atoms with Crippen molar-refractivity contribution in [1.29, 1.82) is 0 Å². The van der Waals surface area contributed by atoms with Crippen molar-refractivity contribution in [2.45, 2.75) is 19.4 Å². The van der Waals surface area contributed by atoms with Crippen LogP contribution in [-0.4, -0.2) is 18.3 Å². The van der Waals surface area contributed by atoms with E-state index in [0.717, 1.165) is 23.9 Å². The first-order chi connectivity index (χ1) is 7.24. The smallest absolute Gasteiger partial charge is 0.128 e. The molecule has 0 saturated heterocycles. The van der Waals surface area contributed by atoms with Crippen molar-refractivity contribution in [3.8, 4) is 0 Å². The molecule has 0 saturated carbocycles. The van der Waals surface area contributed by atoms with E-state index in [9.17, 15) is 4.39 Å². The third-order valence-corrected chi connectivity index (χ3v) is 2.59. The van der Waals surface area contributed by atoms with Gasteiger partial charge in [-0.25, -0.2) is 4.39 Å². The summed E-state index contributed by atoms with van der Waals surface area (Å²) in [4.78, 5) is 0. The van der Waals surface area contributed by atoms with E-state index in [-0.39, 0.29) is 12.4 Å². The molecule has 1 rings (SSSR count). The Bertz CT molecular complexity index is 307. The predicted molar refractivity (Wildman–Crippen MR) is 62.1 cm³/mol. The summed E-state index contributed by atoms with van der Waals surface area (Å²) in [6.07, 6.45) is 1.70. The SMILES string of the molecule is OCCCCNCc1ccc(Br)cc1F. The van der Waals surface area contributed by atoms with Gasteiger partial charge in [0.2, 0.25) is 0 Å². The highest BCUT2D eigenvalue weighted by Gasteiger charge is 2.01. The van der Waals surface area contributed by atoms with Crippen LogP contribution in [0.2, 0.25) is 0 Å². The van der Waals surface area contributed by atoms with Crippen LogP contribution in [0.15, 0.2) is 22.7 Å². The third-order valence-electron chi connectivity index (χ3n) is 2.09. The maximum absolute atomic E-state index is 13.3. The van der Waals surface area contributed by atoms with Gasteiger partial charge in [0.05, 0.1) is 0 Å². The van der Waals surface area contributed by atoms with Crippen LogP contribution in [0.25, 0.3) is 0 Å². The summed E-state index contributed by atoms with van der Waals surface area (Å²) < 4.78 is 14.1. The van der Waals surface area contributed by atoms with E-state index in [1.54, 1.807) is 6.07 Å². The second-order valence-corrected chi connectivity index (χ2v) is 4.26. The van der Waals surface area contributed by atoms with E-state index in [1.165, 1.54) is 6.07 Å². The Kier molecular flexibility index (Phi) is 5.83. The normalized spacial score (nSPS) is 10.6. The number of hydrogen-bond acceptors (Lipinski definition) is 2. The monoisotopic (exact) mass is 275 g/mol. The fourth-order valence-corrected chi connectivity index (χ4v) is 1.58. The lowest BCUT2D eigenvalue weighted by molar-refractivity contribution is 0.283. The van der Waals surface area contributed by atoms with E-state index in [0.29, 0.717) is 12.1 Å². The zero-order valence-electron chi connectivity index (χ0n) is 8.47. The first-order valence-electron chi connectivity index (χ1n) is 4.99. The average Bonchev–Trinajstić information content (AvgIpc) is 2.20. The molecule has 0 bridgehead atoms. The molecule has 1 aromatic carbocycles. The molecule has 0 aliphatic rings. The number of halogens is 2. The quantitative estimate of drug-likeness (QED) is 0.782. The number of aliphatic hydroxyl groups is 1. The molecule has 2 N–H and O–H groups in total. The van der Waals surface area contributed by atoms with E-state index < -0.39 is 0 Å². The molecule has 0 fully saturated rings. The van der Waals surface area contributed by atoms with Gasteiger partial charge < -0.3 is 10.4 Å². The second kappa shape index (κ2) is 6.93. The lowest BCUT2D eigenvalue weighted by Gasteiger charge is -2.05. The molecule has 2 nitrogen and oxygen atoms in total. The van der Waals surface area contributed by atoms with Crippen molar-refractivity contribution in [2.75, 3.05) is 13.2 Å². The maximum Gasteiger partial charge on any atom is 0.128 e. The lowest BCUT2D eigenvalue weighted by Crippen LogP contribution is -2.15. The lowest BCUT2D eigenvalue weighted by atomic mass is 10.2. The minimum absolute atomic E-state index is 0.195. The van der Waals surface area contributed by atoms with Gasteiger partial charge in [0, 0.05) is 23.2 Å². The van der Waals surface area contributed by atoms with Crippen LogP contribution in [0.4, 0.5) is 4.39 Å². The Hall–Kier alpha value is -0.450. The van der Waals surface area contributed by atoms with Gasteiger partial charge in [0.15, 0.2) is 0 Å². The molecule has 4 heteroatoms. The summed E-state index contributed by atoms with van der Waals surface area (Å²) in [6.45, 7) is 1.55. The van der Waals surface area contributed by atoms with Gasteiger partial charge in [-0.2, -0.15) is 0 Å². The van der Waals surface area contributed by atoms with Crippen LogP contribution < -0.4 is 5.32 Å². The summed E-state index contributed by atoms with van der Waals surface area (Å²) in [5, 5.41) is 11.7. The summed E-state index contributed by atoms with van der Waals surface area (Å²) in [7, 11) is 0. The molecule has 0 heterocycles. The molecule has 0 aromatic heterocycles. The highest BCUT2D eigenvalue weighted by atomic mass is 79.9. The zero-order valence-corrected chi connectivity index (χ0v) is 10.1. The van der Waals surface area contributed by atoms with Crippen molar-refractivity contribution in [1.82, 2.24) is 5.32 Å². The summed E-state index contributed by atoms with van der Waals surface area (Å²) in [6, 6.07) is 5.05. The standard InChI is InChI=1S/C11H15BrFNO/c12-10-4-3-9(11(13)7-10)8-14-5-1-2-6-15/h3-4,7,14-15H,1-2,5-6,8H2. The van der Waals surface area contributed by atoms with E-state index in [4.69, 9.17) is 5.11 Å². The number of rotatable bonds is 6. The fraction of sp³-hybridized carbons (Fsp3) is 0.455. The Labute approximate surface area is 97.6 Å². The van der Waals surface area contributed by atoms with Crippen molar-refractivity contribution in [2.24, 2.45) is 0 Å². The average molecular weight is 276 g/mol. The van der Waals surface area contributed by atoms with E-state index >= 15 is 0 Å². The minimum atomic E-state index is -0.195. The van der Waals surface area contributed by atoms with Gasteiger partial charge in [-0.05, 0) is 31.5 Å². The highest BCUT2D eigenvalue weighted by Crippen LogP contribution is 2.14. The molecule has 15 heavy (non-hydrogen) atoms. The highest BCUT2D eigenvalue weighted by molar-refractivity contribution is 9.10. The van der Waals surface area contributed by atoms with Crippen molar-refractivity contribution in [3.63, 3.8) is 0 Å². The van der Waals surface area contributed by atoms with Crippen LogP contribution in [0, 0.1) is 5.82 Å². The van der Waals surface area contributed by atoms with Crippen LogP contribution in [0.5, 0.6) is 0 Å². The molecule has 0 amide bonds. The van der Waals surface area contributed by atoms with Gasteiger partial charge in [0.25, 0.3) is 0 Å². The predicted octanol–water partition coefficient (Wildman–Crippen LogP) is 2.45. The first kappa shape index (κ1) is 12.6. The Morgan fingerprint density at radius 3 is 2.80 bits per heavy atom. The third kappa shape index (κ3) is 4.73. The van der Waals surface area contributed by atoms with Gasteiger partial charge in [-0.1, -0.05) is 22.0 Å². The van der Waals surface area contributed by atoms with Gasteiger partial charge in [-0.15, -0.1) is 0 Å². The Balaban J connectivity index is 2.31. The molecule has 0 aliphatic carbocycles. The molecule has 0 unspecified atom stereocenters. The van der Waals surface area contributed by atoms with Crippen LogP contribution in [-0.2, 0) is 6.54 Å². The molecule has 0 radical (unpaired) electrons. The van der Waals surface area contributed by atoms with Gasteiger partial charge >= 0.3 is 0 Å². The topological polar surface area (TPSA) is 32.3 Å². The van der Waals surface area contributed by atoms with Crippen molar-refractivity contribution >= 4 is 15.9 Å². The summed E-state index contributed by atoms with van der Waals surface area (Å²) in [5.74, 6) is -0.195. The molecule has 0 aliphatic heterocycles. The molecule has 84 valence electrons. The summed E-state index contributed by atoms with van der Waals surface area (Å²) in [5.41, 5.74) is 0.669. The largest absolute Gasteiger partial charge is 0.396 e. The molecule has 1 aromatic rings. The Morgan fingerprint density at radius 1 is 1.33 bits per heavy atom. The Morgan fingerprint density at radius 2 is 2.13 bits per heavy atom. The number of unbranched alkanes of at least 4 members (excludes halogenated alkanes) is 1. The van der Waals surface area contributed by atoms with Crippen LogP contribution >= 0.6 is 15.9 Å². The second-order valence-electron chi connectivity index (χ2n) is 3.34.